The predicted molar refractivity (Wildman–Crippen MR) is 162 cm³/mol. The second-order valence-electron chi connectivity index (χ2n) is 9.35. The molecule has 8 heteroatoms. The lowest BCUT2D eigenvalue weighted by molar-refractivity contribution is -0.150. The van der Waals surface area contributed by atoms with Crippen LogP contribution in [0, 0.1) is 0 Å². The van der Waals surface area contributed by atoms with E-state index >= 15 is 0 Å². The molecule has 0 aromatic heterocycles. The smallest absolute Gasteiger partial charge is 0.333 e. The SMILES string of the molecule is CCOC(Cc1ccc(OC/C=C/c2ccc(/C=C/COc3ccc(CC(OCC)C(=O)O)cc3)cc2)cc1)C(=O)O. The van der Waals surface area contributed by atoms with Crippen molar-refractivity contribution in [2.24, 2.45) is 0 Å². The van der Waals surface area contributed by atoms with Crippen molar-refractivity contribution in [3.63, 3.8) is 0 Å². The van der Waals surface area contributed by atoms with E-state index in [9.17, 15) is 19.8 Å². The molecule has 8 nitrogen and oxygen atoms in total. The lowest BCUT2D eigenvalue weighted by atomic mass is 10.1. The van der Waals surface area contributed by atoms with E-state index in [1.165, 1.54) is 0 Å². The van der Waals surface area contributed by atoms with E-state index in [2.05, 4.69) is 0 Å². The van der Waals surface area contributed by atoms with Crippen molar-refractivity contribution in [3.05, 3.63) is 107 Å². The Morgan fingerprint density at radius 1 is 0.619 bits per heavy atom. The number of hydrogen-bond acceptors (Lipinski definition) is 6. The van der Waals surface area contributed by atoms with Crippen LogP contribution in [-0.2, 0) is 31.9 Å². The molecule has 0 aliphatic heterocycles. The molecule has 2 N–H and O–H groups in total. The number of benzene rings is 3. The minimum Gasteiger partial charge on any atom is -0.490 e. The molecule has 0 radical (unpaired) electrons. The first-order valence-corrected chi connectivity index (χ1v) is 13.9. The van der Waals surface area contributed by atoms with Gasteiger partial charge in [0.05, 0.1) is 0 Å². The molecule has 3 rings (SSSR count). The standard InChI is InChI=1S/C34H38O8/c1-3-39-31(33(35)36)23-27-13-17-29(18-14-27)41-21-5-7-25-9-11-26(12-10-25)8-6-22-42-30-19-15-28(16-20-30)24-32(34(37)38)40-4-2/h5-20,31-32H,3-4,21-24H2,1-2H3,(H,35,36)(H,37,38)/b7-5+,8-6+. The van der Waals surface area contributed by atoms with Crippen LogP contribution in [0.3, 0.4) is 0 Å². The van der Waals surface area contributed by atoms with Gasteiger partial charge in [-0.15, -0.1) is 0 Å². The Labute approximate surface area is 246 Å². The number of carboxylic acids is 2. The van der Waals surface area contributed by atoms with Gasteiger partial charge in [0, 0.05) is 26.1 Å². The van der Waals surface area contributed by atoms with Gasteiger partial charge in [-0.05, 0) is 72.5 Å². The molecule has 0 saturated heterocycles. The lowest BCUT2D eigenvalue weighted by Crippen LogP contribution is -2.26. The van der Waals surface area contributed by atoms with Crippen LogP contribution in [0.4, 0.5) is 0 Å². The van der Waals surface area contributed by atoms with Crippen molar-refractivity contribution in [1.82, 2.24) is 0 Å². The third-order valence-electron chi connectivity index (χ3n) is 6.22. The summed E-state index contributed by atoms with van der Waals surface area (Å²) in [4.78, 5) is 22.5. The van der Waals surface area contributed by atoms with E-state index in [1.54, 1.807) is 13.8 Å². The van der Waals surface area contributed by atoms with Crippen molar-refractivity contribution >= 4 is 24.1 Å². The summed E-state index contributed by atoms with van der Waals surface area (Å²) in [7, 11) is 0. The zero-order valence-electron chi connectivity index (χ0n) is 24.0. The zero-order chi connectivity index (χ0) is 30.2. The number of carboxylic acid groups (broad SMARTS) is 2. The number of hydrogen-bond donors (Lipinski definition) is 2. The third kappa shape index (κ3) is 11.2. The fourth-order valence-electron chi connectivity index (χ4n) is 4.08. The monoisotopic (exact) mass is 574 g/mol. The molecule has 0 fully saturated rings. The molecule has 42 heavy (non-hydrogen) atoms. The molecule has 0 bridgehead atoms. The molecule has 0 saturated carbocycles. The first-order valence-electron chi connectivity index (χ1n) is 13.9. The summed E-state index contributed by atoms with van der Waals surface area (Å²) >= 11 is 0. The van der Waals surface area contributed by atoms with Gasteiger partial charge >= 0.3 is 11.9 Å². The van der Waals surface area contributed by atoms with Gasteiger partial charge in [0.15, 0.2) is 12.2 Å². The van der Waals surface area contributed by atoms with Gasteiger partial charge in [-0.3, -0.25) is 0 Å². The Morgan fingerprint density at radius 3 is 1.29 bits per heavy atom. The van der Waals surface area contributed by atoms with Gasteiger partial charge in [-0.2, -0.15) is 0 Å². The number of ether oxygens (including phenoxy) is 4. The molecule has 222 valence electrons. The van der Waals surface area contributed by atoms with Crippen LogP contribution >= 0.6 is 0 Å². The van der Waals surface area contributed by atoms with Crippen molar-refractivity contribution < 1.29 is 38.7 Å². The average molecular weight is 575 g/mol. The van der Waals surface area contributed by atoms with Crippen LogP contribution in [0.15, 0.2) is 84.9 Å². The molecule has 2 atom stereocenters. The molecule has 0 amide bonds. The second kappa shape index (κ2) is 17.4. The van der Waals surface area contributed by atoms with E-state index < -0.39 is 24.1 Å². The topological polar surface area (TPSA) is 112 Å². The maximum absolute atomic E-state index is 11.3. The van der Waals surface area contributed by atoms with Crippen LogP contribution < -0.4 is 9.47 Å². The average Bonchev–Trinajstić information content (AvgIpc) is 2.99. The van der Waals surface area contributed by atoms with Crippen molar-refractivity contribution in [2.75, 3.05) is 26.4 Å². The van der Waals surface area contributed by atoms with E-state index in [0.29, 0.717) is 50.8 Å². The Bertz CT molecular complexity index is 1190. The van der Waals surface area contributed by atoms with Crippen LogP contribution in [0.25, 0.3) is 12.2 Å². The summed E-state index contributed by atoms with van der Waals surface area (Å²) in [5.41, 5.74) is 3.85. The predicted octanol–water partition coefficient (Wildman–Crippen LogP) is 5.94. The normalized spacial score (nSPS) is 12.8. The first-order chi connectivity index (χ1) is 20.4. The highest BCUT2D eigenvalue weighted by Gasteiger charge is 2.18. The molecule has 2 unspecified atom stereocenters. The Hall–Kier alpha value is -4.40. The van der Waals surface area contributed by atoms with E-state index in [1.807, 2.05) is 97.1 Å². The molecule has 0 spiro atoms. The highest BCUT2D eigenvalue weighted by atomic mass is 16.5. The van der Waals surface area contributed by atoms with Gasteiger partial charge in [-0.25, -0.2) is 9.59 Å². The molecule has 0 aliphatic carbocycles. The van der Waals surface area contributed by atoms with E-state index in [4.69, 9.17) is 18.9 Å². The van der Waals surface area contributed by atoms with Crippen LogP contribution in [0.5, 0.6) is 11.5 Å². The number of carbonyl (C=O) groups is 2. The summed E-state index contributed by atoms with van der Waals surface area (Å²) in [6, 6.07) is 22.8. The highest BCUT2D eigenvalue weighted by Crippen LogP contribution is 2.16. The Balaban J connectivity index is 1.38. The van der Waals surface area contributed by atoms with Crippen molar-refractivity contribution in [2.45, 2.75) is 38.9 Å². The van der Waals surface area contributed by atoms with Crippen molar-refractivity contribution in [3.8, 4) is 11.5 Å². The van der Waals surface area contributed by atoms with Gasteiger partial charge in [0.25, 0.3) is 0 Å². The summed E-state index contributed by atoms with van der Waals surface area (Å²) in [5, 5.41) is 18.5. The zero-order valence-corrected chi connectivity index (χ0v) is 24.0. The van der Waals surface area contributed by atoms with Crippen LogP contribution in [0.1, 0.15) is 36.1 Å². The first kappa shape index (κ1) is 32.1. The molecule has 3 aromatic carbocycles. The summed E-state index contributed by atoms with van der Waals surface area (Å²) < 4.78 is 22.1. The quantitative estimate of drug-likeness (QED) is 0.192. The van der Waals surface area contributed by atoms with Crippen LogP contribution in [0.2, 0.25) is 0 Å². The van der Waals surface area contributed by atoms with E-state index in [-0.39, 0.29) is 0 Å². The highest BCUT2D eigenvalue weighted by molar-refractivity contribution is 5.73. The number of aliphatic carboxylic acids is 2. The van der Waals surface area contributed by atoms with Crippen LogP contribution in [-0.4, -0.2) is 60.8 Å². The lowest BCUT2D eigenvalue weighted by Gasteiger charge is -2.12. The van der Waals surface area contributed by atoms with Gasteiger partial charge in [0.2, 0.25) is 0 Å². The maximum atomic E-state index is 11.3. The fraction of sp³-hybridized carbons (Fsp3) is 0.294. The summed E-state index contributed by atoms with van der Waals surface area (Å²) in [6.07, 6.45) is 6.77. The molecular formula is C34H38O8. The molecule has 3 aromatic rings. The van der Waals surface area contributed by atoms with Gasteiger partial charge < -0.3 is 29.2 Å². The molecular weight excluding hydrogens is 536 g/mol. The molecule has 0 aliphatic rings. The number of rotatable bonds is 18. The summed E-state index contributed by atoms with van der Waals surface area (Å²) in [6.45, 7) is 5.07. The van der Waals surface area contributed by atoms with Crippen molar-refractivity contribution in [1.29, 1.82) is 0 Å². The fourth-order valence-corrected chi connectivity index (χ4v) is 4.08. The second-order valence-corrected chi connectivity index (χ2v) is 9.35. The third-order valence-corrected chi connectivity index (χ3v) is 6.22. The minimum absolute atomic E-state index is 0.309. The Morgan fingerprint density at radius 2 is 0.976 bits per heavy atom. The Kier molecular flexibility index (Phi) is 13.3. The van der Waals surface area contributed by atoms with E-state index in [0.717, 1.165) is 22.3 Å². The van der Waals surface area contributed by atoms with Gasteiger partial charge in [-0.1, -0.05) is 60.7 Å². The summed E-state index contributed by atoms with van der Waals surface area (Å²) in [5.74, 6) is -0.516. The minimum atomic E-state index is -0.965. The molecule has 0 heterocycles. The van der Waals surface area contributed by atoms with Gasteiger partial charge in [0.1, 0.15) is 24.7 Å². The largest absolute Gasteiger partial charge is 0.490 e. The maximum Gasteiger partial charge on any atom is 0.333 e.